The van der Waals surface area contributed by atoms with Gasteiger partial charge in [-0.3, -0.25) is 0 Å². The topological polar surface area (TPSA) is 29.1 Å². The number of hydrogen-bond acceptors (Lipinski definition) is 1. The Labute approximate surface area is 72.8 Å². The van der Waals surface area contributed by atoms with Crippen LogP contribution in [0.4, 0.5) is 0 Å². The molecule has 0 aliphatic heterocycles. The molecule has 0 bridgehead atoms. The third kappa shape index (κ3) is 2.55. The normalized spacial score (nSPS) is 15.2. The van der Waals surface area contributed by atoms with Crippen molar-refractivity contribution in [3.05, 3.63) is 30.3 Å². The average molecular weight is 165 g/mol. The molecule has 0 aliphatic carbocycles. The van der Waals surface area contributed by atoms with Crippen LogP contribution in [-0.2, 0) is 5.11 Å². The van der Waals surface area contributed by atoms with Crippen LogP contribution in [0.1, 0.15) is 20.3 Å². The van der Waals surface area contributed by atoms with Gasteiger partial charge in [-0.25, -0.2) is 0 Å². The monoisotopic (exact) mass is 165 g/mol. The first-order valence-corrected chi connectivity index (χ1v) is 4.08. The Morgan fingerprint density at radius 1 is 1.33 bits per heavy atom. The maximum atomic E-state index is 11.4. The molecule has 1 radical (unpaired) electrons. The van der Waals surface area contributed by atoms with Crippen molar-refractivity contribution in [1.82, 2.24) is 0 Å². The zero-order chi connectivity index (χ0) is 9.03. The summed E-state index contributed by atoms with van der Waals surface area (Å²) in [6.07, 6.45) is 0.460. The summed E-state index contributed by atoms with van der Waals surface area (Å²) in [7, 11) is 0. The quantitative estimate of drug-likeness (QED) is 0.633. The summed E-state index contributed by atoms with van der Waals surface area (Å²) < 4.78 is 5.20. The minimum absolute atomic E-state index is 0.460. The Morgan fingerprint density at radius 2 is 1.92 bits per heavy atom. The van der Waals surface area contributed by atoms with Gasteiger partial charge in [0.25, 0.3) is 0 Å². The van der Waals surface area contributed by atoms with E-state index in [1.165, 1.54) is 0 Å². The van der Waals surface area contributed by atoms with Crippen LogP contribution >= 0.6 is 0 Å². The van der Waals surface area contributed by atoms with Gasteiger partial charge in [-0.05, 0) is 12.1 Å². The molecular formula is C10H13O2. The van der Waals surface area contributed by atoms with Crippen LogP contribution in [0, 0.1) is 0 Å². The lowest BCUT2D eigenvalue weighted by Crippen LogP contribution is -2.28. The molecule has 1 aromatic carbocycles. The number of benzene rings is 1. The second kappa shape index (κ2) is 3.59. The number of hydrogen-bond donors (Lipinski definition) is 0. The summed E-state index contributed by atoms with van der Waals surface area (Å²) in [4.78, 5) is 0. The van der Waals surface area contributed by atoms with Crippen molar-refractivity contribution >= 4 is 0 Å². The molecule has 0 N–H and O–H groups in total. The van der Waals surface area contributed by atoms with Crippen molar-refractivity contribution in [2.24, 2.45) is 0 Å². The highest BCUT2D eigenvalue weighted by Crippen LogP contribution is 2.18. The Balaban J connectivity index is 2.64. The van der Waals surface area contributed by atoms with Crippen LogP contribution in [0.15, 0.2) is 30.3 Å². The van der Waals surface area contributed by atoms with Crippen LogP contribution in [0.25, 0.3) is 0 Å². The third-order valence-electron chi connectivity index (χ3n) is 1.72. The molecule has 1 atom stereocenters. The molecule has 1 aromatic rings. The summed E-state index contributed by atoms with van der Waals surface area (Å²) >= 11 is 0. The van der Waals surface area contributed by atoms with Crippen LogP contribution in [0.5, 0.6) is 5.75 Å². The molecular weight excluding hydrogens is 152 g/mol. The molecule has 0 amide bonds. The highest BCUT2D eigenvalue weighted by atomic mass is 16.6. The van der Waals surface area contributed by atoms with Gasteiger partial charge < -0.3 is 4.74 Å². The van der Waals surface area contributed by atoms with Gasteiger partial charge in [-0.1, -0.05) is 25.1 Å². The highest BCUT2D eigenvalue weighted by molar-refractivity contribution is 5.21. The third-order valence-corrected chi connectivity index (χ3v) is 1.72. The van der Waals surface area contributed by atoms with Gasteiger partial charge in [0.05, 0.1) is 0 Å². The van der Waals surface area contributed by atoms with Gasteiger partial charge in [0.1, 0.15) is 5.75 Å². The van der Waals surface area contributed by atoms with Gasteiger partial charge in [-0.2, -0.15) is 5.11 Å². The summed E-state index contributed by atoms with van der Waals surface area (Å²) in [5, 5.41) is 11.4. The van der Waals surface area contributed by atoms with Gasteiger partial charge in [0, 0.05) is 13.3 Å². The van der Waals surface area contributed by atoms with E-state index >= 15 is 0 Å². The summed E-state index contributed by atoms with van der Waals surface area (Å²) in [6.45, 7) is 3.36. The Kier molecular flexibility index (Phi) is 2.71. The van der Waals surface area contributed by atoms with E-state index in [9.17, 15) is 5.11 Å². The summed E-state index contributed by atoms with van der Waals surface area (Å²) in [5.41, 5.74) is 0. The van der Waals surface area contributed by atoms with Crippen LogP contribution in [0.3, 0.4) is 0 Å². The van der Waals surface area contributed by atoms with Crippen molar-refractivity contribution in [3.8, 4) is 5.75 Å². The van der Waals surface area contributed by atoms with E-state index in [0.717, 1.165) is 0 Å². The predicted molar refractivity (Wildman–Crippen MR) is 46.5 cm³/mol. The van der Waals surface area contributed by atoms with Crippen molar-refractivity contribution in [1.29, 1.82) is 0 Å². The molecule has 0 aliphatic rings. The summed E-state index contributed by atoms with van der Waals surface area (Å²) in [6, 6.07) is 9.15. The van der Waals surface area contributed by atoms with Crippen molar-refractivity contribution < 1.29 is 9.84 Å². The fourth-order valence-electron chi connectivity index (χ4n) is 0.810. The molecule has 65 valence electrons. The minimum atomic E-state index is -1.30. The fourth-order valence-corrected chi connectivity index (χ4v) is 0.810. The van der Waals surface area contributed by atoms with Gasteiger partial charge >= 0.3 is 0 Å². The Hall–Kier alpha value is -1.02. The second-order valence-corrected chi connectivity index (χ2v) is 2.90. The van der Waals surface area contributed by atoms with Gasteiger partial charge in [0.2, 0.25) is 5.79 Å². The molecule has 12 heavy (non-hydrogen) atoms. The van der Waals surface area contributed by atoms with Crippen LogP contribution in [-0.4, -0.2) is 5.79 Å². The molecule has 0 aromatic heterocycles. The lowest BCUT2D eigenvalue weighted by atomic mass is 10.2. The zero-order valence-electron chi connectivity index (χ0n) is 7.41. The zero-order valence-corrected chi connectivity index (χ0v) is 7.41. The lowest BCUT2D eigenvalue weighted by Gasteiger charge is -2.20. The second-order valence-electron chi connectivity index (χ2n) is 2.90. The van der Waals surface area contributed by atoms with Gasteiger partial charge in [-0.15, -0.1) is 0 Å². The van der Waals surface area contributed by atoms with E-state index in [1.54, 1.807) is 19.1 Å². The average Bonchev–Trinajstić information content (AvgIpc) is 2.06. The Bertz CT molecular complexity index is 229. The number of para-hydroxylation sites is 1. The SMILES string of the molecule is CCC(C)([O])Oc1ccccc1. The molecule has 0 saturated heterocycles. The van der Waals surface area contributed by atoms with E-state index in [0.29, 0.717) is 12.2 Å². The maximum Gasteiger partial charge on any atom is 0.238 e. The smallest absolute Gasteiger partial charge is 0.238 e. The largest absolute Gasteiger partial charge is 0.460 e. The minimum Gasteiger partial charge on any atom is -0.460 e. The first-order chi connectivity index (χ1) is 5.64. The van der Waals surface area contributed by atoms with Crippen molar-refractivity contribution in [2.75, 3.05) is 0 Å². The fraction of sp³-hybridized carbons (Fsp3) is 0.400. The highest BCUT2D eigenvalue weighted by Gasteiger charge is 2.21. The Morgan fingerprint density at radius 3 is 2.42 bits per heavy atom. The number of rotatable bonds is 3. The molecule has 0 spiro atoms. The maximum absolute atomic E-state index is 11.4. The first-order valence-electron chi connectivity index (χ1n) is 4.08. The van der Waals surface area contributed by atoms with Crippen molar-refractivity contribution in [2.45, 2.75) is 26.1 Å². The molecule has 2 nitrogen and oxygen atoms in total. The molecule has 1 unspecified atom stereocenters. The van der Waals surface area contributed by atoms with E-state index in [-0.39, 0.29) is 0 Å². The van der Waals surface area contributed by atoms with E-state index < -0.39 is 5.79 Å². The molecule has 2 heteroatoms. The molecule has 1 rings (SSSR count). The lowest BCUT2D eigenvalue weighted by molar-refractivity contribution is -0.170. The predicted octanol–water partition coefficient (Wildman–Crippen LogP) is 2.62. The van der Waals surface area contributed by atoms with E-state index in [1.807, 2.05) is 25.1 Å². The van der Waals surface area contributed by atoms with Crippen molar-refractivity contribution in [3.63, 3.8) is 0 Å². The number of ether oxygens (including phenoxy) is 1. The van der Waals surface area contributed by atoms with Crippen LogP contribution < -0.4 is 4.74 Å². The van der Waals surface area contributed by atoms with E-state index in [4.69, 9.17) is 4.74 Å². The summed E-state index contributed by atoms with van der Waals surface area (Å²) in [5.74, 6) is -0.668. The molecule has 0 fully saturated rings. The van der Waals surface area contributed by atoms with Crippen LogP contribution in [0.2, 0.25) is 0 Å². The standard InChI is InChI=1S/C10H13O2/c1-3-10(2,11)12-9-7-5-4-6-8-9/h4-8H,3H2,1-2H3. The van der Waals surface area contributed by atoms with Gasteiger partial charge in [0.15, 0.2) is 0 Å². The first kappa shape index (κ1) is 9.07. The molecule has 0 saturated carbocycles. The molecule has 0 heterocycles. The van der Waals surface area contributed by atoms with E-state index in [2.05, 4.69) is 0 Å².